The van der Waals surface area contributed by atoms with Crippen LogP contribution in [0.2, 0.25) is 0 Å². The predicted molar refractivity (Wildman–Crippen MR) is 80.4 cm³/mol. The first kappa shape index (κ1) is 12.7. The summed E-state index contributed by atoms with van der Waals surface area (Å²) in [7, 11) is 0. The van der Waals surface area contributed by atoms with E-state index in [1.54, 1.807) is 0 Å². The van der Waals surface area contributed by atoms with Crippen molar-refractivity contribution in [2.24, 2.45) is 11.5 Å². The lowest BCUT2D eigenvalue weighted by Gasteiger charge is -2.27. The highest BCUT2D eigenvalue weighted by molar-refractivity contribution is 5.85. The molecule has 19 heavy (non-hydrogen) atoms. The molecule has 102 valence electrons. The van der Waals surface area contributed by atoms with Crippen LogP contribution in [0, 0.1) is 6.92 Å². The second-order valence-electron chi connectivity index (χ2n) is 5.81. The van der Waals surface area contributed by atoms with Crippen molar-refractivity contribution in [1.82, 2.24) is 4.98 Å². The van der Waals surface area contributed by atoms with Crippen LogP contribution >= 0.6 is 0 Å². The van der Waals surface area contributed by atoms with Crippen molar-refractivity contribution in [3.8, 4) is 0 Å². The lowest BCUT2D eigenvalue weighted by molar-refractivity contribution is 0.440. The van der Waals surface area contributed by atoms with Gasteiger partial charge in [-0.05, 0) is 56.8 Å². The number of benzene rings is 1. The fourth-order valence-electron chi connectivity index (χ4n) is 3.43. The molecule has 0 saturated heterocycles. The van der Waals surface area contributed by atoms with Crippen LogP contribution in [0.15, 0.2) is 18.2 Å². The highest BCUT2D eigenvalue weighted by Crippen LogP contribution is 2.38. The number of rotatable bonds is 3. The van der Waals surface area contributed by atoms with E-state index in [4.69, 9.17) is 11.5 Å². The summed E-state index contributed by atoms with van der Waals surface area (Å²) in [6.45, 7) is 2.83. The second kappa shape index (κ2) is 4.99. The zero-order chi connectivity index (χ0) is 13.4. The van der Waals surface area contributed by atoms with Crippen molar-refractivity contribution in [2.45, 2.75) is 44.6 Å². The van der Waals surface area contributed by atoms with Gasteiger partial charge in [0.2, 0.25) is 0 Å². The van der Waals surface area contributed by atoms with Gasteiger partial charge in [0.15, 0.2) is 0 Å². The lowest BCUT2D eigenvalue weighted by atomic mass is 9.81. The predicted octanol–water partition coefficient (Wildman–Crippen LogP) is 2.57. The van der Waals surface area contributed by atoms with E-state index >= 15 is 0 Å². The highest BCUT2D eigenvalue weighted by atomic mass is 14.8. The van der Waals surface area contributed by atoms with Gasteiger partial charge in [-0.1, -0.05) is 11.6 Å². The van der Waals surface area contributed by atoms with E-state index in [1.807, 2.05) is 0 Å². The summed E-state index contributed by atoms with van der Waals surface area (Å²) in [6, 6.07) is 6.83. The van der Waals surface area contributed by atoms with Crippen LogP contribution in [0.3, 0.4) is 0 Å². The molecule has 5 N–H and O–H groups in total. The normalized spacial score (nSPS) is 20.5. The van der Waals surface area contributed by atoms with Crippen LogP contribution in [0.4, 0.5) is 0 Å². The average molecular weight is 257 g/mol. The molecule has 2 atom stereocenters. The highest BCUT2D eigenvalue weighted by Gasteiger charge is 2.28. The Balaban J connectivity index is 2.07. The van der Waals surface area contributed by atoms with Gasteiger partial charge in [-0.2, -0.15) is 0 Å². The van der Waals surface area contributed by atoms with Crippen LogP contribution in [-0.4, -0.2) is 17.6 Å². The molecule has 2 aromatic rings. The molecule has 0 radical (unpaired) electrons. The van der Waals surface area contributed by atoms with E-state index in [9.17, 15) is 0 Å². The van der Waals surface area contributed by atoms with Crippen LogP contribution in [0.1, 0.15) is 42.0 Å². The summed E-state index contributed by atoms with van der Waals surface area (Å²) >= 11 is 0. The van der Waals surface area contributed by atoms with E-state index in [0.717, 1.165) is 6.42 Å². The summed E-state index contributed by atoms with van der Waals surface area (Å²) in [5.41, 5.74) is 17.4. The summed E-state index contributed by atoms with van der Waals surface area (Å²) in [5.74, 6) is 0.444. The van der Waals surface area contributed by atoms with E-state index in [0.29, 0.717) is 12.5 Å². The van der Waals surface area contributed by atoms with E-state index in [-0.39, 0.29) is 6.04 Å². The third-order valence-corrected chi connectivity index (χ3v) is 4.42. The molecule has 1 aliphatic carbocycles. The van der Waals surface area contributed by atoms with Crippen molar-refractivity contribution in [3.05, 3.63) is 35.0 Å². The van der Waals surface area contributed by atoms with Gasteiger partial charge < -0.3 is 16.5 Å². The molecule has 0 saturated carbocycles. The van der Waals surface area contributed by atoms with Gasteiger partial charge in [0.25, 0.3) is 0 Å². The quantitative estimate of drug-likeness (QED) is 0.791. The molecule has 3 rings (SSSR count). The van der Waals surface area contributed by atoms with Crippen LogP contribution in [0.25, 0.3) is 10.9 Å². The fourth-order valence-corrected chi connectivity index (χ4v) is 3.43. The van der Waals surface area contributed by atoms with Gasteiger partial charge in [0, 0.05) is 28.6 Å². The molecule has 1 aromatic heterocycles. The Morgan fingerprint density at radius 1 is 1.42 bits per heavy atom. The van der Waals surface area contributed by atoms with Crippen LogP contribution < -0.4 is 11.5 Å². The largest absolute Gasteiger partial charge is 0.358 e. The minimum atomic E-state index is 0.179. The molecule has 0 aliphatic heterocycles. The topological polar surface area (TPSA) is 67.8 Å². The third kappa shape index (κ3) is 2.17. The number of nitrogens with one attached hydrogen (secondary N) is 1. The first-order valence-corrected chi connectivity index (χ1v) is 7.27. The Labute approximate surface area is 114 Å². The van der Waals surface area contributed by atoms with Gasteiger partial charge in [0.05, 0.1) is 0 Å². The maximum absolute atomic E-state index is 6.33. The molecule has 0 amide bonds. The van der Waals surface area contributed by atoms with Crippen LogP contribution in [0.5, 0.6) is 0 Å². The van der Waals surface area contributed by atoms with Gasteiger partial charge in [0.1, 0.15) is 0 Å². The number of H-pyrrole nitrogens is 1. The zero-order valence-electron chi connectivity index (χ0n) is 11.6. The Kier molecular flexibility index (Phi) is 3.33. The summed E-state index contributed by atoms with van der Waals surface area (Å²) in [5, 5.41) is 1.39. The SMILES string of the molecule is Cc1ccc2[nH]c3c(c2c1)CCCC3C(N)CCN. The van der Waals surface area contributed by atoms with E-state index in [2.05, 4.69) is 30.1 Å². The number of aryl methyl sites for hydroxylation is 2. The Bertz CT molecular complexity index is 585. The molecular weight excluding hydrogens is 234 g/mol. The molecule has 0 bridgehead atoms. The first-order valence-electron chi connectivity index (χ1n) is 7.27. The summed E-state index contributed by atoms with van der Waals surface area (Å²) in [4.78, 5) is 3.61. The molecular formula is C16H23N3. The fraction of sp³-hybridized carbons (Fsp3) is 0.500. The maximum atomic E-state index is 6.33. The molecule has 3 nitrogen and oxygen atoms in total. The van der Waals surface area contributed by atoms with Crippen molar-refractivity contribution < 1.29 is 0 Å². The zero-order valence-corrected chi connectivity index (χ0v) is 11.6. The average Bonchev–Trinajstić information content (AvgIpc) is 2.77. The minimum absolute atomic E-state index is 0.179. The van der Waals surface area contributed by atoms with Gasteiger partial charge in [-0.15, -0.1) is 0 Å². The monoisotopic (exact) mass is 257 g/mol. The van der Waals surface area contributed by atoms with Crippen molar-refractivity contribution in [1.29, 1.82) is 0 Å². The maximum Gasteiger partial charge on any atom is 0.0459 e. The molecule has 1 aliphatic rings. The second-order valence-corrected chi connectivity index (χ2v) is 5.81. The Hall–Kier alpha value is -1.32. The molecule has 1 aromatic carbocycles. The number of hydrogen-bond acceptors (Lipinski definition) is 2. The van der Waals surface area contributed by atoms with Crippen molar-refractivity contribution in [2.75, 3.05) is 6.54 Å². The molecule has 0 fully saturated rings. The number of nitrogens with two attached hydrogens (primary N) is 2. The molecule has 0 spiro atoms. The first-order chi connectivity index (χ1) is 9.20. The third-order valence-electron chi connectivity index (χ3n) is 4.42. The minimum Gasteiger partial charge on any atom is -0.358 e. The smallest absolute Gasteiger partial charge is 0.0459 e. The lowest BCUT2D eigenvalue weighted by Crippen LogP contribution is -2.33. The number of aromatic amines is 1. The Morgan fingerprint density at radius 3 is 3.05 bits per heavy atom. The van der Waals surface area contributed by atoms with Crippen LogP contribution in [-0.2, 0) is 6.42 Å². The van der Waals surface area contributed by atoms with Crippen molar-refractivity contribution >= 4 is 10.9 Å². The van der Waals surface area contributed by atoms with Gasteiger partial charge in [-0.25, -0.2) is 0 Å². The van der Waals surface area contributed by atoms with Crippen molar-refractivity contribution in [3.63, 3.8) is 0 Å². The summed E-state index contributed by atoms with van der Waals surface area (Å²) in [6.07, 6.45) is 4.49. The van der Waals surface area contributed by atoms with E-state index in [1.165, 1.54) is 47.0 Å². The van der Waals surface area contributed by atoms with E-state index < -0.39 is 0 Å². The van der Waals surface area contributed by atoms with Gasteiger partial charge in [-0.3, -0.25) is 0 Å². The number of aromatic nitrogens is 1. The number of fused-ring (bicyclic) bond motifs is 3. The van der Waals surface area contributed by atoms with Gasteiger partial charge >= 0.3 is 0 Å². The standard InChI is InChI=1S/C16H23N3/c1-10-5-6-15-13(9-10)11-3-2-4-12(16(11)19-15)14(18)7-8-17/h5-6,9,12,14,19H,2-4,7-8,17-18H2,1H3. The number of hydrogen-bond donors (Lipinski definition) is 3. The molecule has 3 heteroatoms. The summed E-state index contributed by atoms with van der Waals surface area (Å²) < 4.78 is 0. The molecule has 2 unspecified atom stereocenters. The molecule has 1 heterocycles. The Morgan fingerprint density at radius 2 is 2.26 bits per heavy atom.